The smallest absolute Gasteiger partial charge is 0.0169 e. The van der Waals surface area contributed by atoms with Crippen LogP contribution in [0.25, 0.3) is 0 Å². The lowest BCUT2D eigenvalue weighted by Gasteiger charge is -2.00. The van der Waals surface area contributed by atoms with Crippen LogP contribution >= 0.6 is 22.9 Å². The summed E-state index contributed by atoms with van der Waals surface area (Å²) >= 11 is 2.18. The number of halogens is 1. The van der Waals surface area contributed by atoms with Crippen molar-refractivity contribution in [1.29, 1.82) is 0 Å². The van der Waals surface area contributed by atoms with Crippen LogP contribution in [-0.2, 0) is 0 Å². The van der Waals surface area contributed by atoms with E-state index in [4.69, 9.17) is 0 Å². The van der Waals surface area contributed by atoms with Gasteiger partial charge in [0.25, 0.3) is 0 Å². The van der Waals surface area contributed by atoms with E-state index in [1.165, 1.54) is 12.8 Å². The van der Waals surface area contributed by atoms with Crippen LogP contribution in [0.2, 0.25) is 0 Å². The molecule has 0 aromatic carbocycles. The van der Waals surface area contributed by atoms with Gasteiger partial charge in [0.1, 0.15) is 0 Å². The van der Waals surface area contributed by atoms with Gasteiger partial charge in [0.2, 0.25) is 0 Å². The maximum absolute atomic E-state index is 3.09. The van der Waals surface area contributed by atoms with Crippen LogP contribution in [0.5, 0.6) is 0 Å². The van der Waals surface area contributed by atoms with Gasteiger partial charge in [-0.3, -0.25) is 3.53 Å². The normalized spacial score (nSPS) is 10.5. The Morgan fingerprint density at radius 3 is 2.50 bits per heavy atom. The first-order valence-corrected chi connectivity index (χ1v) is 4.18. The summed E-state index contributed by atoms with van der Waals surface area (Å²) in [4.78, 5) is 0. The molecule has 0 rings (SSSR count). The molecular weight excluding hydrogens is 213 g/mol. The quantitative estimate of drug-likeness (QED) is 0.441. The van der Waals surface area contributed by atoms with E-state index in [2.05, 4.69) is 40.2 Å². The molecule has 0 aromatic rings. The first kappa shape index (κ1) is 8.69. The number of nitrogens with one attached hydrogen (secondary N) is 1. The summed E-state index contributed by atoms with van der Waals surface area (Å²) in [5.41, 5.74) is 0. The molecule has 0 aliphatic heterocycles. The van der Waals surface area contributed by atoms with Crippen molar-refractivity contribution in [3.8, 4) is 0 Å². The molecule has 0 spiro atoms. The molecule has 0 fully saturated rings. The first-order valence-electron chi connectivity index (χ1n) is 3.11. The summed E-state index contributed by atoms with van der Waals surface area (Å²) < 4.78 is 3.09. The van der Waals surface area contributed by atoms with Gasteiger partial charge in [-0.15, -0.1) is 0 Å². The molecule has 50 valence electrons. The van der Waals surface area contributed by atoms with Crippen molar-refractivity contribution in [3.05, 3.63) is 0 Å². The SMILES string of the molecule is CC(C)CCCNI. The third-order valence-electron chi connectivity index (χ3n) is 1.05. The Bertz CT molecular complexity index is 45.8. The zero-order valence-electron chi connectivity index (χ0n) is 5.58. The molecule has 2 heteroatoms. The third kappa shape index (κ3) is 6.69. The Morgan fingerprint density at radius 1 is 1.50 bits per heavy atom. The van der Waals surface area contributed by atoms with Gasteiger partial charge in [-0.2, -0.15) is 0 Å². The van der Waals surface area contributed by atoms with Crippen molar-refractivity contribution in [3.63, 3.8) is 0 Å². The van der Waals surface area contributed by atoms with Crippen molar-refractivity contribution >= 4 is 22.9 Å². The van der Waals surface area contributed by atoms with Gasteiger partial charge in [-0.25, -0.2) is 0 Å². The van der Waals surface area contributed by atoms with Crippen molar-refractivity contribution in [1.82, 2.24) is 3.53 Å². The second kappa shape index (κ2) is 5.82. The molecule has 8 heavy (non-hydrogen) atoms. The van der Waals surface area contributed by atoms with Crippen LogP contribution in [0.1, 0.15) is 26.7 Å². The first-order chi connectivity index (χ1) is 3.77. The number of hydrogen-bond donors (Lipinski definition) is 1. The molecule has 0 saturated carbocycles. The maximum Gasteiger partial charge on any atom is 0.0169 e. The van der Waals surface area contributed by atoms with Crippen molar-refractivity contribution in [2.24, 2.45) is 5.92 Å². The minimum absolute atomic E-state index is 0.861. The molecule has 0 saturated heterocycles. The Hall–Kier alpha value is 0.690. The lowest BCUT2D eigenvalue weighted by molar-refractivity contribution is 0.557. The van der Waals surface area contributed by atoms with E-state index in [9.17, 15) is 0 Å². The largest absolute Gasteiger partial charge is 0.261 e. The van der Waals surface area contributed by atoms with Crippen LogP contribution in [0.4, 0.5) is 0 Å². The Balaban J connectivity index is 2.72. The topological polar surface area (TPSA) is 12.0 Å². The van der Waals surface area contributed by atoms with E-state index in [0.29, 0.717) is 0 Å². The fraction of sp³-hybridized carbons (Fsp3) is 1.00. The lowest BCUT2D eigenvalue weighted by atomic mass is 10.1. The standard InChI is InChI=1S/C6H14IN/c1-6(2)4-3-5-8-7/h6,8H,3-5H2,1-2H3. The summed E-state index contributed by atoms with van der Waals surface area (Å²) in [6, 6.07) is 0. The molecule has 0 heterocycles. The zero-order valence-corrected chi connectivity index (χ0v) is 7.73. The average molecular weight is 227 g/mol. The summed E-state index contributed by atoms with van der Waals surface area (Å²) in [5.74, 6) is 0.861. The predicted molar refractivity (Wildman–Crippen MR) is 46.1 cm³/mol. The molecular formula is C6H14IN. The monoisotopic (exact) mass is 227 g/mol. The van der Waals surface area contributed by atoms with Crippen LogP contribution in [-0.4, -0.2) is 6.54 Å². The van der Waals surface area contributed by atoms with Gasteiger partial charge in [-0.1, -0.05) is 13.8 Å². The van der Waals surface area contributed by atoms with Crippen LogP contribution in [0.15, 0.2) is 0 Å². The maximum atomic E-state index is 3.09. The average Bonchev–Trinajstić information content (AvgIpc) is 1.66. The van der Waals surface area contributed by atoms with Gasteiger partial charge in [0, 0.05) is 29.4 Å². The number of rotatable bonds is 4. The molecule has 0 amide bonds. The molecule has 0 radical (unpaired) electrons. The second-order valence-corrected chi connectivity index (χ2v) is 3.18. The third-order valence-corrected chi connectivity index (χ3v) is 1.59. The Kier molecular flexibility index (Phi) is 6.32. The van der Waals surface area contributed by atoms with E-state index < -0.39 is 0 Å². The Morgan fingerprint density at radius 2 is 2.12 bits per heavy atom. The molecule has 0 atom stereocenters. The van der Waals surface area contributed by atoms with Gasteiger partial charge in [0.15, 0.2) is 0 Å². The van der Waals surface area contributed by atoms with Gasteiger partial charge >= 0.3 is 0 Å². The molecule has 1 nitrogen and oxygen atoms in total. The van der Waals surface area contributed by atoms with E-state index in [-0.39, 0.29) is 0 Å². The molecule has 0 aliphatic rings. The summed E-state index contributed by atoms with van der Waals surface area (Å²) in [7, 11) is 0. The molecule has 0 aliphatic carbocycles. The summed E-state index contributed by atoms with van der Waals surface area (Å²) in [6.07, 6.45) is 2.65. The molecule has 0 aromatic heterocycles. The van der Waals surface area contributed by atoms with E-state index >= 15 is 0 Å². The van der Waals surface area contributed by atoms with Gasteiger partial charge in [-0.05, 0) is 18.8 Å². The molecule has 1 N–H and O–H groups in total. The zero-order chi connectivity index (χ0) is 6.41. The highest BCUT2D eigenvalue weighted by molar-refractivity contribution is 14.1. The van der Waals surface area contributed by atoms with Crippen molar-refractivity contribution in [2.75, 3.05) is 6.54 Å². The summed E-state index contributed by atoms with van der Waals surface area (Å²) in [5, 5.41) is 0. The predicted octanol–water partition coefficient (Wildman–Crippen LogP) is 2.36. The van der Waals surface area contributed by atoms with Crippen molar-refractivity contribution in [2.45, 2.75) is 26.7 Å². The highest BCUT2D eigenvalue weighted by atomic mass is 127. The highest BCUT2D eigenvalue weighted by Gasteiger charge is 1.90. The fourth-order valence-electron chi connectivity index (χ4n) is 0.577. The highest BCUT2D eigenvalue weighted by Crippen LogP contribution is 2.01. The molecule has 0 bridgehead atoms. The van der Waals surface area contributed by atoms with E-state index in [0.717, 1.165) is 12.5 Å². The van der Waals surface area contributed by atoms with Gasteiger partial charge < -0.3 is 0 Å². The lowest BCUT2D eigenvalue weighted by Crippen LogP contribution is -2.01. The second-order valence-electron chi connectivity index (χ2n) is 2.42. The minimum Gasteiger partial charge on any atom is -0.261 e. The van der Waals surface area contributed by atoms with E-state index in [1.54, 1.807) is 0 Å². The minimum atomic E-state index is 0.861. The van der Waals surface area contributed by atoms with Gasteiger partial charge in [0.05, 0.1) is 0 Å². The Labute approximate surface area is 65.7 Å². The van der Waals surface area contributed by atoms with E-state index in [1.807, 2.05) is 0 Å². The fourth-order valence-corrected chi connectivity index (χ4v) is 0.959. The summed E-state index contributed by atoms with van der Waals surface area (Å²) in [6.45, 7) is 5.67. The van der Waals surface area contributed by atoms with Crippen molar-refractivity contribution < 1.29 is 0 Å². The van der Waals surface area contributed by atoms with Crippen LogP contribution in [0, 0.1) is 5.92 Å². The number of hydrogen-bond acceptors (Lipinski definition) is 1. The van der Waals surface area contributed by atoms with Crippen LogP contribution in [0.3, 0.4) is 0 Å². The molecule has 0 unspecified atom stereocenters. The van der Waals surface area contributed by atoms with Crippen LogP contribution < -0.4 is 3.53 Å².